The minimum Gasteiger partial charge on any atom is -0.340 e. The Bertz CT molecular complexity index is 1200. The first-order valence-corrected chi connectivity index (χ1v) is 10.8. The highest BCUT2D eigenvalue weighted by molar-refractivity contribution is 5.76. The van der Waals surface area contributed by atoms with E-state index in [1.165, 1.54) is 16.7 Å². The number of nitrogens with zero attached hydrogens (tertiary/aromatic N) is 4. The molecular weight excluding hydrogens is 407 g/mol. The third-order valence-corrected chi connectivity index (χ3v) is 5.95. The highest BCUT2D eigenvalue weighted by Gasteiger charge is 2.29. The van der Waals surface area contributed by atoms with Gasteiger partial charge < -0.3 is 4.90 Å². The van der Waals surface area contributed by atoms with Crippen LogP contribution in [-0.2, 0) is 17.8 Å². The average Bonchev–Trinajstić information content (AvgIpc) is 3.22. The minimum atomic E-state index is -0.391. The van der Waals surface area contributed by atoms with E-state index in [0.29, 0.717) is 25.2 Å². The summed E-state index contributed by atoms with van der Waals surface area (Å²) in [6.45, 7) is 6.77. The molecule has 4 rings (SSSR count). The van der Waals surface area contributed by atoms with Crippen LogP contribution in [0.2, 0.25) is 0 Å². The Labute approximate surface area is 186 Å². The Morgan fingerprint density at radius 3 is 2.47 bits per heavy atom. The van der Waals surface area contributed by atoms with Crippen LogP contribution in [0.25, 0.3) is 0 Å². The molecule has 6 nitrogen and oxygen atoms in total. The maximum atomic E-state index is 13.2. The van der Waals surface area contributed by atoms with Crippen molar-refractivity contribution in [3.8, 4) is 0 Å². The number of hydrogen-bond donors (Lipinski definition) is 0. The van der Waals surface area contributed by atoms with Crippen molar-refractivity contribution in [1.82, 2.24) is 19.4 Å². The molecule has 1 aliphatic rings. The summed E-state index contributed by atoms with van der Waals surface area (Å²) in [6.07, 6.45) is 1.53. The second-order valence-corrected chi connectivity index (χ2v) is 8.58. The van der Waals surface area contributed by atoms with Crippen LogP contribution < -0.4 is 5.69 Å². The summed E-state index contributed by atoms with van der Waals surface area (Å²) >= 11 is 0. The van der Waals surface area contributed by atoms with Gasteiger partial charge in [0.2, 0.25) is 5.91 Å². The summed E-state index contributed by atoms with van der Waals surface area (Å²) in [5.41, 5.74) is 5.06. The molecule has 0 unspecified atom stereocenters. The van der Waals surface area contributed by atoms with E-state index < -0.39 is 5.69 Å². The molecule has 0 aliphatic carbocycles. The molecule has 1 aliphatic heterocycles. The normalized spacial score (nSPS) is 15.9. The molecule has 1 saturated heterocycles. The predicted molar refractivity (Wildman–Crippen MR) is 120 cm³/mol. The lowest BCUT2D eigenvalue weighted by Gasteiger charge is -2.18. The fourth-order valence-electron chi connectivity index (χ4n) is 4.35. The number of hydrogen-bond acceptors (Lipinski definition) is 4. The molecule has 1 amide bonds. The van der Waals surface area contributed by atoms with Gasteiger partial charge in [-0.15, -0.1) is 0 Å². The van der Waals surface area contributed by atoms with Gasteiger partial charge in [-0.3, -0.25) is 14.3 Å². The molecule has 0 N–H and O–H groups in total. The lowest BCUT2D eigenvalue weighted by atomic mass is 9.98. The van der Waals surface area contributed by atoms with Crippen molar-refractivity contribution in [2.24, 2.45) is 0 Å². The van der Waals surface area contributed by atoms with Gasteiger partial charge >= 0.3 is 5.69 Å². The topological polar surface area (TPSA) is 68.1 Å². The van der Waals surface area contributed by atoms with Gasteiger partial charge in [0.25, 0.3) is 0 Å². The molecule has 0 saturated carbocycles. The molecule has 7 heteroatoms. The van der Waals surface area contributed by atoms with E-state index >= 15 is 0 Å². The largest absolute Gasteiger partial charge is 0.348 e. The standard InChI is InChI=1S/C25H27FN4O2/c1-16-10-18(3)30(25(32)28-16)15-24(31)29-9-8-21(14-29)23-13-20(11-17(2)27-23)12-19-4-6-22(26)7-5-19/h4-7,10-11,13,21H,8-9,12,14-15H2,1-3H3/t21-/m0/s1. The van der Waals surface area contributed by atoms with Crippen LogP contribution in [0.15, 0.2) is 47.3 Å². The number of pyridine rings is 1. The number of carbonyl (C=O) groups is 1. The van der Waals surface area contributed by atoms with Crippen LogP contribution in [0.3, 0.4) is 0 Å². The molecule has 1 fully saturated rings. The number of carbonyl (C=O) groups excluding carboxylic acids is 1. The number of halogens is 1. The Morgan fingerprint density at radius 2 is 1.75 bits per heavy atom. The second-order valence-electron chi connectivity index (χ2n) is 8.58. The Morgan fingerprint density at radius 1 is 1.03 bits per heavy atom. The highest BCUT2D eigenvalue weighted by Crippen LogP contribution is 2.27. The zero-order chi connectivity index (χ0) is 22.8. The van der Waals surface area contributed by atoms with Gasteiger partial charge in [0.15, 0.2) is 0 Å². The number of aromatic nitrogens is 3. The number of aryl methyl sites for hydroxylation is 3. The van der Waals surface area contributed by atoms with Gasteiger partial charge in [0.05, 0.1) is 0 Å². The van der Waals surface area contributed by atoms with Crippen molar-refractivity contribution in [3.63, 3.8) is 0 Å². The maximum Gasteiger partial charge on any atom is 0.348 e. The van der Waals surface area contributed by atoms with Gasteiger partial charge in [0.1, 0.15) is 12.4 Å². The summed E-state index contributed by atoms with van der Waals surface area (Å²) in [4.78, 5) is 35.5. The van der Waals surface area contributed by atoms with Crippen LogP contribution in [0, 0.1) is 26.6 Å². The van der Waals surface area contributed by atoms with Crippen LogP contribution >= 0.6 is 0 Å². The van der Waals surface area contributed by atoms with E-state index in [2.05, 4.69) is 11.1 Å². The van der Waals surface area contributed by atoms with Crippen molar-refractivity contribution in [2.45, 2.75) is 46.1 Å². The molecule has 0 radical (unpaired) electrons. The summed E-state index contributed by atoms with van der Waals surface area (Å²) in [7, 11) is 0. The van der Waals surface area contributed by atoms with Crippen LogP contribution in [0.5, 0.6) is 0 Å². The summed E-state index contributed by atoms with van der Waals surface area (Å²) in [5, 5.41) is 0. The van der Waals surface area contributed by atoms with Crippen LogP contribution in [-0.4, -0.2) is 38.4 Å². The van der Waals surface area contributed by atoms with Crippen molar-refractivity contribution in [1.29, 1.82) is 0 Å². The molecule has 32 heavy (non-hydrogen) atoms. The zero-order valence-corrected chi connectivity index (χ0v) is 18.6. The molecule has 1 atom stereocenters. The van der Waals surface area contributed by atoms with E-state index in [0.717, 1.165) is 34.6 Å². The number of benzene rings is 1. The zero-order valence-electron chi connectivity index (χ0n) is 18.6. The molecule has 2 aromatic heterocycles. The molecule has 1 aromatic carbocycles. The van der Waals surface area contributed by atoms with Gasteiger partial charge in [0, 0.05) is 41.8 Å². The van der Waals surface area contributed by atoms with Gasteiger partial charge in [-0.25, -0.2) is 9.18 Å². The van der Waals surface area contributed by atoms with Crippen LogP contribution in [0.4, 0.5) is 4.39 Å². The van der Waals surface area contributed by atoms with E-state index in [4.69, 9.17) is 4.98 Å². The van der Waals surface area contributed by atoms with Gasteiger partial charge in [-0.1, -0.05) is 12.1 Å². The summed E-state index contributed by atoms with van der Waals surface area (Å²) in [5.74, 6) is -0.169. The lowest BCUT2D eigenvalue weighted by Crippen LogP contribution is -2.36. The molecule has 3 heterocycles. The number of likely N-dealkylation sites (tertiary alicyclic amines) is 1. The molecule has 0 bridgehead atoms. The Kier molecular flexibility index (Phi) is 6.17. The fourth-order valence-corrected chi connectivity index (χ4v) is 4.35. The third-order valence-electron chi connectivity index (χ3n) is 5.95. The molecule has 166 valence electrons. The molecular formula is C25H27FN4O2. The number of rotatable bonds is 5. The monoisotopic (exact) mass is 434 g/mol. The maximum absolute atomic E-state index is 13.2. The lowest BCUT2D eigenvalue weighted by molar-refractivity contribution is -0.130. The smallest absolute Gasteiger partial charge is 0.340 e. The van der Waals surface area contributed by atoms with Gasteiger partial charge in [-0.05, 0) is 75.1 Å². The first kappa shape index (κ1) is 21.9. The summed E-state index contributed by atoms with van der Waals surface area (Å²) in [6, 6.07) is 12.5. The van der Waals surface area contributed by atoms with Crippen molar-refractivity contribution in [3.05, 3.63) is 92.7 Å². The minimum absolute atomic E-state index is 0.00172. The van der Waals surface area contributed by atoms with Crippen molar-refractivity contribution in [2.75, 3.05) is 13.1 Å². The third kappa shape index (κ3) is 4.93. The van der Waals surface area contributed by atoms with Crippen molar-refractivity contribution < 1.29 is 9.18 Å². The second kappa shape index (κ2) is 9.02. The van der Waals surface area contributed by atoms with Crippen LogP contribution in [0.1, 0.15) is 46.2 Å². The van der Waals surface area contributed by atoms with Gasteiger partial charge in [-0.2, -0.15) is 4.98 Å². The van der Waals surface area contributed by atoms with Crippen molar-refractivity contribution >= 4 is 5.91 Å². The fraction of sp³-hybridized carbons (Fsp3) is 0.360. The average molecular weight is 435 g/mol. The molecule has 3 aromatic rings. The highest BCUT2D eigenvalue weighted by atomic mass is 19.1. The summed E-state index contributed by atoms with van der Waals surface area (Å²) < 4.78 is 14.6. The van der Waals surface area contributed by atoms with E-state index in [-0.39, 0.29) is 24.2 Å². The Hall–Kier alpha value is -3.35. The number of amides is 1. The van der Waals surface area contributed by atoms with E-state index in [1.54, 1.807) is 30.0 Å². The van der Waals surface area contributed by atoms with E-state index in [9.17, 15) is 14.0 Å². The quantitative estimate of drug-likeness (QED) is 0.618. The predicted octanol–water partition coefficient (Wildman–Crippen LogP) is 3.31. The first-order chi connectivity index (χ1) is 15.3. The van der Waals surface area contributed by atoms with E-state index in [1.807, 2.05) is 19.9 Å². The first-order valence-electron chi connectivity index (χ1n) is 10.8. The molecule has 0 spiro atoms. The Balaban J connectivity index is 1.46. The SMILES string of the molecule is Cc1cc(Cc2ccc(F)cc2)cc([C@H]2CCN(C(=O)Cn3c(C)cc(C)nc3=O)C2)n1.